The minimum absolute atomic E-state index is 0.360. The van der Waals surface area contributed by atoms with Crippen LogP contribution in [0, 0.1) is 5.92 Å². The molecule has 3 heteroatoms. The number of rotatable bonds is 2. The molecule has 2 saturated carbocycles. The summed E-state index contributed by atoms with van der Waals surface area (Å²) in [5.74, 6) is 1.08. The van der Waals surface area contributed by atoms with E-state index < -0.39 is 0 Å². The zero-order valence-corrected chi connectivity index (χ0v) is 11.4. The normalized spacial score (nSPS) is 32.1. The second kappa shape index (κ2) is 5.60. The number of amides is 1. The highest BCUT2D eigenvalue weighted by molar-refractivity contribution is 5.81. The first-order valence-corrected chi connectivity index (χ1v) is 7.91. The van der Waals surface area contributed by atoms with Crippen molar-refractivity contribution in [3.05, 3.63) is 0 Å². The molecule has 1 amide bonds. The molecule has 18 heavy (non-hydrogen) atoms. The molecular weight excluding hydrogens is 224 g/mol. The molecule has 1 atom stereocenters. The summed E-state index contributed by atoms with van der Waals surface area (Å²) in [4.78, 5) is 14.5. The van der Waals surface area contributed by atoms with Crippen molar-refractivity contribution in [3.63, 3.8) is 0 Å². The molecule has 102 valence electrons. The number of carbonyl (C=O) groups excluding carboxylic acids is 1. The molecule has 1 N–H and O–H groups in total. The van der Waals surface area contributed by atoms with Crippen LogP contribution in [-0.2, 0) is 4.79 Å². The van der Waals surface area contributed by atoms with E-state index in [1.54, 1.807) is 0 Å². The van der Waals surface area contributed by atoms with E-state index in [2.05, 4.69) is 10.2 Å². The molecule has 0 radical (unpaired) electrons. The Balaban J connectivity index is 1.71. The van der Waals surface area contributed by atoms with E-state index in [1.165, 1.54) is 64.2 Å². The van der Waals surface area contributed by atoms with Crippen LogP contribution in [0.2, 0.25) is 0 Å². The Morgan fingerprint density at radius 2 is 1.50 bits per heavy atom. The van der Waals surface area contributed by atoms with Gasteiger partial charge in [-0.2, -0.15) is 0 Å². The van der Waals surface area contributed by atoms with Crippen molar-refractivity contribution in [2.45, 2.75) is 76.4 Å². The number of nitrogens with zero attached hydrogens (tertiary/aromatic N) is 1. The zero-order valence-electron chi connectivity index (χ0n) is 11.4. The third-order valence-corrected chi connectivity index (χ3v) is 5.11. The molecule has 1 saturated heterocycles. The van der Waals surface area contributed by atoms with E-state index in [0.717, 1.165) is 5.92 Å². The summed E-state index contributed by atoms with van der Waals surface area (Å²) in [5.41, 5.74) is 0. The molecule has 2 aliphatic carbocycles. The fraction of sp³-hybridized carbons (Fsp3) is 0.933. The molecular formula is C15H26N2O. The molecule has 0 spiro atoms. The lowest BCUT2D eigenvalue weighted by Gasteiger charge is -2.35. The first-order chi connectivity index (χ1) is 8.86. The molecule has 3 nitrogen and oxygen atoms in total. The van der Waals surface area contributed by atoms with E-state index in [1.807, 2.05) is 0 Å². The van der Waals surface area contributed by atoms with Crippen LogP contribution in [0.15, 0.2) is 0 Å². The summed E-state index contributed by atoms with van der Waals surface area (Å²) < 4.78 is 0. The van der Waals surface area contributed by atoms with Crippen molar-refractivity contribution in [2.24, 2.45) is 5.92 Å². The number of nitrogens with one attached hydrogen (secondary N) is 1. The molecule has 0 aromatic rings. The Bertz CT molecular complexity index is 291. The minimum Gasteiger partial charge on any atom is -0.323 e. The highest BCUT2D eigenvalue weighted by atomic mass is 16.2. The van der Waals surface area contributed by atoms with Crippen LogP contribution >= 0.6 is 0 Å². The molecule has 0 aromatic heterocycles. The van der Waals surface area contributed by atoms with Crippen molar-refractivity contribution >= 4 is 5.91 Å². The monoisotopic (exact) mass is 250 g/mol. The van der Waals surface area contributed by atoms with Gasteiger partial charge >= 0.3 is 0 Å². The van der Waals surface area contributed by atoms with Gasteiger partial charge in [-0.15, -0.1) is 0 Å². The highest BCUT2D eigenvalue weighted by Gasteiger charge is 2.40. The molecule has 0 aromatic carbocycles. The number of hydrogen-bond acceptors (Lipinski definition) is 2. The summed E-state index contributed by atoms with van der Waals surface area (Å²) in [6.45, 7) is 0.581. The van der Waals surface area contributed by atoms with Gasteiger partial charge in [0.05, 0.1) is 12.7 Å². The average molecular weight is 250 g/mol. The van der Waals surface area contributed by atoms with Crippen LogP contribution in [0.5, 0.6) is 0 Å². The first kappa shape index (κ1) is 12.5. The van der Waals surface area contributed by atoms with Gasteiger partial charge in [0, 0.05) is 6.04 Å². The minimum atomic E-state index is 0.360. The zero-order chi connectivity index (χ0) is 12.4. The third kappa shape index (κ3) is 2.42. The summed E-state index contributed by atoms with van der Waals surface area (Å²) in [6.07, 6.45) is 13.5. The molecule has 1 unspecified atom stereocenters. The van der Waals surface area contributed by atoms with Gasteiger partial charge in [-0.3, -0.25) is 10.1 Å². The SMILES string of the molecule is O=C1CNC(C2CCCC2)N1C1CCCCCC1. The van der Waals surface area contributed by atoms with Crippen molar-refractivity contribution in [3.8, 4) is 0 Å². The van der Waals surface area contributed by atoms with Gasteiger partial charge in [0.15, 0.2) is 0 Å². The van der Waals surface area contributed by atoms with Crippen molar-refractivity contribution in [2.75, 3.05) is 6.54 Å². The van der Waals surface area contributed by atoms with E-state index in [-0.39, 0.29) is 0 Å². The van der Waals surface area contributed by atoms with Crippen LogP contribution < -0.4 is 5.32 Å². The lowest BCUT2D eigenvalue weighted by molar-refractivity contribution is -0.131. The number of carbonyl (C=O) groups is 1. The first-order valence-electron chi connectivity index (χ1n) is 7.91. The van der Waals surface area contributed by atoms with E-state index >= 15 is 0 Å². The molecule has 3 aliphatic rings. The van der Waals surface area contributed by atoms with E-state index in [9.17, 15) is 4.79 Å². The lowest BCUT2D eigenvalue weighted by atomic mass is 10.00. The quantitative estimate of drug-likeness (QED) is 0.764. The van der Waals surface area contributed by atoms with Crippen LogP contribution in [-0.4, -0.2) is 29.6 Å². The smallest absolute Gasteiger partial charge is 0.238 e. The Labute approximate surface area is 110 Å². The second-order valence-electron chi connectivity index (χ2n) is 6.32. The Hall–Kier alpha value is -0.570. The average Bonchev–Trinajstić information content (AvgIpc) is 2.93. The van der Waals surface area contributed by atoms with Gasteiger partial charge in [-0.1, -0.05) is 38.5 Å². The van der Waals surface area contributed by atoms with E-state index in [0.29, 0.717) is 24.7 Å². The largest absolute Gasteiger partial charge is 0.323 e. The standard InChI is InChI=1S/C15H26N2O/c18-14-11-16-15(12-7-5-6-8-12)17(14)13-9-3-1-2-4-10-13/h12-13,15-16H,1-11H2. The molecule has 3 rings (SSSR count). The topological polar surface area (TPSA) is 32.3 Å². The summed E-state index contributed by atoms with van der Waals surface area (Å²) in [6, 6.07) is 0.528. The Kier molecular flexibility index (Phi) is 3.88. The van der Waals surface area contributed by atoms with Gasteiger partial charge in [-0.05, 0) is 31.6 Å². The maximum atomic E-state index is 12.2. The summed E-state index contributed by atoms with van der Waals surface area (Å²) in [5, 5.41) is 3.49. The third-order valence-electron chi connectivity index (χ3n) is 5.11. The number of hydrogen-bond donors (Lipinski definition) is 1. The predicted molar refractivity (Wildman–Crippen MR) is 72.1 cm³/mol. The van der Waals surface area contributed by atoms with Crippen molar-refractivity contribution in [1.29, 1.82) is 0 Å². The molecule has 1 heterocycles. The maximum absolute atomic E-state index is 12.2. The van der Waals surface area contributed by atoms with Gasteiger partial charge in [-0.25, -0.2) is 0 Å². The van der Waals surface area contributed by atoms with Gasteiger partial charge in [0.25, 0.3) is 0 Å². The van der Waals surface area contributed by atoms with E-state index in [4.69, 9.17) is 0 Å². The Morgan fingerprint density at radius 3 is 2.17 bits per heavy atom. The Morgan fingerprint density at radius 1 is 0.889 bits per heavy atom. The predicted octanol–water partition coefficient (Wildman–Crippen LogP) is 2.66. The highest BCUT2D eigenvalue weighted by Crippen LogP contribution is 2.34. The van der Waals surface area contributed by atoms with Gasteiger partial charge < -0.3 is 4.90 Å². The van der Waals surface area contributed by atoms with Gasteiger partial charge in [0.1, 0.15) is 0 Å². The van der Waals surface area contributed by atoms with Crippen LogP contribution in [0.3, 0.4) is 0 Å². The summed E-state index contributed by atoms with van der Waals surface area (Å²) in [7, 11) is 0. The van der Waals surface area contributed by atoms with Crippen molar-refractivity contribution < 1.29 is 4.79 Å². The van der Waals surface area contributed by atoms with Crippen LogP contribution in [0.1, 0.15) is 64.2 Å². The van der Waals surface area contributed by atoms with Crippen molar-refractivity contribution in [1.82, 2.24) is 10.2 Å². The summed E-state index contributed by atoms with van der Waals surface area (Å²) >= 11 is 0. The van der Waals surface area contributed by atoms with Gasteiger partial charge in [0.2, 0.25) is 5.91 Å². The lowest BCUT2D eigenvalue weighted by Crippen LogP contribution is -2.48. The second-order valence-corrected chi connectivity index (χ2v) is 6.32. The van der Waals surface area contributed by atoms with Crippen LogP contribution in [0.25, 0.3) is 0 Å². The molecule has 3 fully saturated rings. The van der Waals surface area contributed by atoms with Crippen LogP contribution in [0.4, 0.5) is 0 Å². The molecule has 1 aliphatic heterocycles. The fourth-order valence-corrected chi connectivity index (χ4v) is 4.17. The fourth-order valence-electron chi connectivity index (χ4n) is 4.17. The maximum Gasteiger partial charge on any atom is 0.238 e. The molecule has 0 bridgehead atoms.